The van der Waals surface area contributed by atoms with Crippen LogP contribution in [0.5, 0.6) is 0 Å². The van der Waals surface area contributed by atoms with E-state index in [1.54, 1.807) is 0 Å². The second-order valence-corrected chi connectivity index (χ2v) is 13.3. The highest BCUT2D eigenvalue weighted by Crippen LogP contribution is 2.38. The molecule has 3 saturated heterocycles. The molecule has 0 aromatic heterocycles. The highest BCUT2D eigenvalue weighted by molar-refractivity contribution is 6.62. The number of ether oxygens (including phenoxy) is 3. The van der Waals surface area contributed by atoms with Crippen LogP contribution in [-0.2, 0) is 36.5 Å². The van der Waals surface area contributed by atoms with Crippen molar-refractivity contribution in [1.82, 2.24) is 9.80 Å². The lowest BCUT2D eigenvalue weighted by Gasteiger charge is -2.40. The maximum Gasteiger partial charge on any atom is 0.494 e. The fourth-order valence-electron chi connectivity index (χ4n) is 5.84. The standard InChI is InChI=1S/C29H45BN2O6/c1-27(2,3)36-26(33)32-11-13-35-19-25(32)23-15-22(30-37-28(4,5)29(6,7)38-30)14-21-8-10-31(17-24(21)23)16-20-9-12-34-18-20/h14-15,20,25H,8-13,16-19H2,1-7H3/t20?,25-/m0/s1. The second kappa shape index (κ2) is 10.4. The number of amides is 1. The lowest BCUT2D eigenvalue weighted by Crippen LogP contribution is -2.47. The number of nitrogens with zero attached hydrogens (tertiary/aromatic N) is 2. The molecule has 210 valence electrons. The molecule has 0 bridgehead atoms. The van der Waals surface area contributed by atoms with Gasteiger partial charge in [0.25, 0.3) is 0 Å². The molecule has 1 unspecified atom stereocenters. The van der Waals surface area contributed by atoms with Crippen molar-refractivity contribution in [3.8, 4) is 0 Å². The van der Waals surface area contributed by atoms with Gasteiger partial charge in [-0.1, -0.05) is 12.1 Å². The van der Waals surface area contributed by atoms with Crippen molar-refractivity contribution in [1.29, 1.82) is 0 Å². The van der Waals surface area contributed by atoms with E-state index < -0.39 is 23.9 Å². The summed E-state index contributed by atoms with van der Waals surface area (Å²) in [6.45, 7) is 20.1. The second-order valence-electron chi connectivity index (χ2n) is 13.3. The van der Waals surface area contributed by atoms with Crippen molar-refractivity contribution in [2.24, 2.45) is 5.92 Å². The number of carbonyl (C=O) groups is 1. The molecule has 0 radical (unpaired) electrons. The Morgan fingerprint density at radius 3 is 2.42 bits per heavy atom. The number of benzene rings is 1. The molecule has 0 N–H and O–H groups in total. The molecule has 9 heteroatoms. The van der Waals surface area contributed by atoms with Crippen molar-refractivity contribution < 1.29 is 28.3 Å². The highest BCUT2D eigenvalue weighted by atomic mass is 16.7. The summed E-state index contributed by atoms with van der Waals surface area (Å²) >= 11 is 0. The number of carbonyl (C=O) groups excluding carboxylic acids is 1. The van der Waals surface area contributed by atoms with Gasteiger partial charge in [-0.3, -0.25) is 9.80 Å². The van der Waals surface area contributed by atoms with Crippen LogP contribution in [0.3, 0.4) is 0 Å². The van der Waals surface area contributed by atoms with Gasteiger partial charge < -0.3 is 23.5 Å². The number of fused-ring (bicyclic) bond motifs is 1. The van der Waals surface area contributed by atoms with Crippen molar-refractivity contribution in [2.45, 2.75) is 90.7 Å². The molecule has 2 atom stereocenters. The minimum Gasteiger partial charge on any atom is -0.444 e. The molecule has 0 spiro atoms. The molecule has 38 heavy (non-hydrogen) atoms. The Morgan fingerprint density at radius 2 is 1.76 bits per heavy atom. The van der Waals surface area contributed by atoms with Crippen molar-refractivity contribution in [3.63, 3.8) is 0 Å². The van der Waals surface area contributed by atoms with Crippen molar-refractivity contribution >= 4 is 18.7 Å². The molecule has 5 rings (SSSR count). The van der Waals surface area contributed by atoms with Crippen LogP contribution < -0.4 is 5.46 Å². The van der Waals surface area contributed by atoms with Gasteiger partial charge in [0.05, 0.1) is 37.1 Å². The average molecular weight is 528 g/mol. The maximum absolute atomic E-state index is 13.3. The minimum absolute atomic E-state index is 0.232. The van der Waals surface area contributed by atoms with E-state index in [1.165, 1.54) is 11.1 Å². The van der Waals surface area contributed by atoms with Gasteiger partial charge in [-0.05, 0) is 89.4 Å². The third kappa shape index (κ3) is 5.77. The fraction of sp³-hybridized carbons (Fsp3) is 0.759. The van der Waals surface area contributed by atoms with E-state index >= 15 is 0 Å². The van der Waals surface area contributed by atoms with E-state index in [-0.39, 0.29) is 12.1 Å². The van der Waals surface area contributed by atoms with Crippen LogP contribution in [0.15, 0.2) is 12.1 Å². The summed E-state index contributed by atoms with van der Waals surface area (Å²) in [5.74, 6) is 0.584. The van der Waals surface area contributed by atoms with Crippen molar-refractivity contribution in [2.75, 3.05) is 46.1 Å². The summed E-state index contributed by atoms with van der Waals surface area (Å²) in [5.41, 5.74) is 3.30. The molecule has 1 aromatic rings. The van der Waals surface area contributed by atoms with Crippen LogP contribution in [-0.4, -0.2) is 85.9 Å². The first-order valence-electron chi connectivity index (χ1n) is 14.2. The first-order valence-corrected chi connectivity index (χ1v) is 14.2. The van der Waals surface area contributed by atoms with Gasteiger partial charge in [-0.2, -0.15) is 0 Å². The Labute approximate surface area is 228 Å². The van der Waals surface area contributed by atoms with Gasteiger partial charge in [-0.25, -0.2) is 4.79 Å². The van der Waals surface area contributed by atoms with E-state index in [0.29, 0.717) is 25.7 Å². The maximum atomic E-state index is 13.3. The Balaban J connectivity index is 1.50. The number of rotatable bonds is 4. The average Bonchev–Trinajstić information content (AvgIpc) is 3.42. The molecule has 8 nitrogen and oxygen atoms in total. The summed E-state index contributed by atoms with van der Waals surface area (Å²) in [7, 11) is -0.461. The predicted molar refractivity (Wildman–Crippen MR) is 147 cm³/mol. The van der Waals surface area contributed by atoms with Crippen LogP contribution in [0.1, 0.15) is 77.6 Å². The lowest BCUT2D eigenvalue weighted by molar-refractivity contribution is -0.0334. The van der Waals surface area contributed by atoms with Crippen molar-refractivity contribution in [3.05, 3.63) is 28.8 Å². The summed E-state index contributed by atoms with van der Waals surface area (Å²) in [6, 6.07) is 4.22. The Kier molecular flexibility index (Phi) is 7.63. The molecule has 3 fully saturated rings. The van der Waals surface area contributed by atoms with Gasteiger partial charge >= 0.3 is 13.2 Å². The Morgan fingerprint density at radius 1 is 1.05 bits per heavy atom. The van der Waals surface area contributed by atoms with E-state index in [9.17, 15) is 4.79 Å². The topological polar surface area (TPSA) is 69.7 Å². The largest absolute Gasteiger partial charge is 0.494 e. The van der Waals surface area contributed by atoms with E-state index in [2.05, 4.69) is 44.7 Å². The van der Waals surface area contributed by atoms with Gasteiger partial charge in [0.15, 0.2) is 0 Å². The third-order valence-corrected chi connectivity index (χ3v) is 8.66. The SMILES string of the molecule is CC(C)(C)OC(=O)N1CCOC[C@H]1c1cc(B2OC(C)(C)C(C)(C)O2)cc2c1CN(CC1CCOC1)CC2. The van der Waals surface area contributed by atoms with Gasteiger partial charge in [0.2, 0.25) is 0 Å². The highest BCUT2D eigenvalue weighted by Gasteiger charge is 2.52. The number of morpholine rings is 1. The number of hydrogen-bond acceptors (Lipinski definition) is 7. The third-order valence-electron chi connectivity index (χ3n) is 8.66. The van der Waals surface area contributed by atoms with Crippen LogP contribution in [0.25, 0.3) is 0 Å². The molecule has 4 aliphatic heterocycles. The van der Waals surface area contributed by atoms with Crippen LogP contribution in [0.4, 0.5) is 4.79 Å². The van der Waals surface area contributed by atoms with Gasteiger partial charge in [0.1, 0.15) is 5.60 Å². The summed E-state index contributed by atoms with van der Waals surface area (Å²) in [4.78, 5) is 17.7. The Bertz CT molecular complexity index is 1020. The zero-order chi connectivity index (χ0) is 27.3. The molecule has 4 aliphatic rings. The molecule has 1 aromatic carbocycles. The van der Waals surface area contributed by atoms with E-state index in [4.69, 9.17) is 23.5 Å². The molecule has 4 heterocycles. The van der Waals surface area contributed by atoms with Crippen LogP contribution in [0.2, 0.25) is 0 Å². The predicted octanol–water partition coefficient (Wildman–Crippen LogP) is 3.69. The summed E-state index contributed by atoms with van der Waals surface area (Å²) < 4.78 is 30.3. The molecule has 1 amide bonds. The fourth-order valence-corrected chi connectivity index (χ4v) is 5.84. The van der Waals surface area contributed by atoms with Crippen LogP contribution in [0, 0.1) is 5.92 Å². The van der Waals surface area contributed by atoms with E-state index in [0.717, 1.165) is 56.7 Å². The quantitative estimate of drug-likeness (QED) is 0.553. The summed E-state index contributed by atoms with van der Waals surface area (Å²) in [5, 5.41) is 0. The lowest BCUT2D eigenvalue weighted by atomic mass is 9.74. The zero-order valence-electron chi connectivity index (χ0n) is 24.3. The first-order chi connectivity index (χ1) is 17.8. The first kappa shape index (κ1) is 27.9. The molecule has 0 saturated carbocycles. The van der Waals surface area contributed by atoms with Crippen LogP contribution >= 0.6 is 0 Å². The Hall–Kier alpha value is -1.65. The molecule has 0 aliphatic carbocycles. The molecular weight excluding hydrogens is 483 g/mol. The smallest absolute Gasteiger partial charge is 0.444 e. The molecular formula is C29H45BN2O6. The number of hydrogen-bond donors (Lipinski definition) is 0. The van der Waals surface area contributed by atoms with Gasteiger partial charge in [-0.15, -0.1) is 0 Å². The monoisotopic (exact) mass is 528 g/mol. The van der Waals surface area contributed by atoms with E-state index in [1.807, 2.05) is 25.7 Å². The summed E-state index contributed by atoms with van der Waals surface area (Å²) in [6.07, 6.45) is 1.78. The minimum atomic E-state index is -0.565. The van der Waals surface area contributed by atoms with Gasteiger partial charge in [0, 0.05) is 32.8 Å². The zero-order valence-corrected chi connectivity index (χ0v) is 24.3. The normalized spacial score (nSPS) is 27.4.